The highest BCUT2D eigenvalue weighted by molar-refractivity contribution is 5.81. The number of hydrogen-bond acceptors (Lipinski definition) is 3. The van der Waals surface area contributed by atoms with E-state index in [1.54, 1.807) is 18.7 Å². The molecule has 21 heavy (non-hydrogen) atoms. The molecule has 1 fully saturated rings. The monoisotopic (exact) mass is 298 g/mol. The summed E-state index contributed by atoms with van der Waals surface area (Å²) in [5.74, 6) is 0.0935. The van der Waals surface area contributed by atoms with Gasteiger partial charge >= 0.3 is 0 Å². The first-order valence-corrected chi connectivity index (χ1v) is 8.07. The van der Waals surface area contributed by atoms with E-state index in [0.717, 1.165) is 25.8 Å². The molecule has 1 rings (SSSR count). The van der Waals surface area contributed by atoms with Crippen molar-refractivity contribution >= 4 is 11.8 Å². The molecule has 5 heteroatoms. The van der Waals surface area contributed by atoms with Gasteiger partial charge in [0.15, 0.2) is 0 Å². The fourth-order valence-electron chi connectivity index (χ4n) is 2.85. The molecule has 1 N–H and O–H groups in total. The molecule has 0 radical (unpaired) electrons. The van der Waals surface area contributed by atoms with Crippen LogP contribution in [0.4, 0.5) is 0 Å². The van der Waals surface area contributed by atoms with E-state index in [0.29, 0.717) is 26.1 Å². The second-order valence-electron chi connectivity index (χ2n) is 6.59. The Morgan fingerprint density at radius 2 is 2.00 bits per heavy atom. The van der Waals surface area contributed by atoms with Gasteiger partial charge < -0.3 is 14.9 Å². The van der Waals surface area contributed by atoms with Crippen molar-refractivity contribution in [3.63, 3.8) is 0 Å². The first-order chi connectivity index (χ1) is 9.78. The minimum atomic E-state index is -0.891. The van der Waals surface area contributed by atoms with Crippen LogP contribution in [-0.4, -0.2) is 58.5 Å². The maximum Gasteiger partial charge on any atom is 0.227 e. The Labute approximate surface area is 128 Å². The molecule has 0 aliphatic carbocycles. The highest BCUT2D eigenvalue weighted by Crippen LogP contribution is 2.21. The first-order valence-electron chi connectivity index (χ1n) is 8.07. The van der Waals surface area contributed by atoms with Crippen LogP contribution in [0.2, 0.25) is 0 Å². The van der Waals surface area contributed by atoms with Crippen molar-refractivity contribution < 1.29 is 14.7 Å². The van der Waals surface area contributed by atoms with Crippen LogP contribution in [0.3, 0.4) is 0 Å². The predicted molar refractivity (Wildman–Crippen MR) is 82.8 cm³/mol. The molecule has 0 spiro atoms. The third-order valence-corrected chi connectivity index (χ3v) is 3.86. The Bertz CT molecular complexity index is 363. The van der Waals surface area contributed by atoms with E-state index in [9.17, 15) is 14.7 Å². The second-order valence-corrected chi connectivity index (χ2v) is 6.59. The number of nitrogens with zero attached hydrogens (tertiary/aromatic N) is 2. The van der Waals surface area contributed by atoms with Crippen molar-refractivity contribution in [3.8, 4) is 0 Å². The van der Waals surface area contributed by atoms with E-state index in [4.69, 9.17) is 0 Å². The molecule has 0 aromatic carbocycles. The second kappa shape index (κ2) is 7.78. The lowest BCUT2D eigenvalue weighted by Gasteiger charge is -2.36. The third kappa shape index (κ3) is 5.65. The largest absolute Gasteiger partial charge is 0.389 e. The summed E-state index contributed by atoms with van der Waals surface area (Å²) in [6.07, 6.45) is 3.11. The molecule has 1 saturated heterocycles. The van der Waals surface area contributed by atoms with E-state index >= 15 is 0 Å². The van der Waals surface area contributed by atoms with Gasteiger partial charge in [0.25, 0.3) is 0 Å². The topological polar surface area (TPSA) is 60.9 Å². The Hall–Kier alpha value is -1.10. The van der Waals surface area contributed by atoms with Crippen LogP contribution in [0.25, 0.3) is 0 Å². The van der Waals surface area contributed by atoms with Crippen LogP contribution >= 0.6 is 0 Å². The Balaban J connectivity index is 2.65. The van der Waals surface area contributed by atoms with Crippen LogP contribution in [0.15, 0.2) is 0 Å². The van der Waals surface area contributed by atoms with Gasteiger partial charge in [0, 0.05) is 32.6 Å². The molecule has 1 heterocycles. The molecular formula is C16H30N2O3. The van der Waals surface area contributed by atoms with E-state index in [1.807, 2.05) is 18.7 Å². The number of hydrogen-bond donors (Lipinski definition) is 1. The summed E-state index contributed by atoms with van der Waals surface area (Å²) >= 11 is 0. The van der Waals surface area contributed by atoms with Crippen molar-refractivity contribution in [2.24, 2.45) is 5.92 Å². The van der Waals surface area contributed by atoms with Crippen LogP contribution in [0, 0.1) is 5.92 Å². The third-order valence-electron chi connectivity index (χ3n) is 3.86. The summed E-state index contributed by atoms with van der Waals surface area (Å²) < 4.78 is 0. The lowest BCUT2D eigenvalue weighted by molar-refractivity contribution is -0.143. The van der Waals surface area contributed by atoms with E-state index in [1.165, 1.54) is 0 Å². The van der Waals surface area contributed by atoms with Crippen LogP contribution in [0.5, 0.6) is 0 Å². The van der Waals surface area contributed by atoms with Gasteiger partial charge in [-0.25, -0.2) is 0 Å². The molecule has 1 unspecified atom stereocenters. The highest BCUT2D eigenvalue weighted by Gasteiger charge is 2.32. The molecule has 1 aliphatic rings. The zero-order chi connectivity index (χ0) is 16.0. The van der Waals surface area contributed by atoms with Gasteiger partial charge in [-0.05, 0) is 40.0 Å². The van der Waals surface area contributed by atoms with Crippen molar-refractivity contribution in [2.45, 2.75) is 59.0 Å². The van der Waals surface area contributed by atoms with Crippen LogP contribution in [-0.2, 0) is 9.59 Å². The number of rotatable bonds is 6. The SMILES string of the molecule is CCCC(=O)N1CCCC(C(=O)N(CC)CC(C)(C)O)C1. The zero-order valence-electron chi connectivity index (χ0n) is 13.9. The minimum Gasteiger partial charge on any atom is -0.389 e. The number of piperidine rings is 1. The van der Waals surface area contributed by atoms with Gasteiger partial charge in [-0.2, -0.15) is 0 Å². The van der Waals surface area contributed by atoms with Gasteiger partial charge in [-0.3, -0.25) is 9.59 Å². The number of carbonyl (C=O) groups is 2. The Morgan fingerprint density at radius 1 is 1.33 bits per heavy atom. The maximum absolute atomic E-state index is 12.6. The molecule has 122 valence electrons. The quantitative estimate of drug-likeness (QED) is 0.811. The average molecular weight is 298 g/mol. The minimum absolute atomic E-state index is 0.0635. The summed E-state index contributed by atoms with van der Waals surface area (Å²) in [6, 6.07) is 0. The molecular weight excluding hydrogens is 268 g/mol. The number of amides is 2. The zero-order valence-corrected chi connectivity index (χ0v) is 13.9. The predicted octanol–water partition coefficient (Wildman–Crippen LogP) is 1.64. The number of carbonyl (C=O) groups excluding carboxylic acids is 2. The average Bonchev–Trinajstić information content (AvgIpc) is 2.43. The molecule has 1 aliphatic heterocycles. The maximum atomic E-state index is 12.6. The molecule has 5 nitrogen and oxygen atoms in total. The smallest absolute Gasteiger partial charge is 0.227 e. The van der Waals surface area contributed by atoms with Crippen LogP contribution in [0.1, 0.15) is 53.4 Å². The Morgan fingerprint density at radius 3 is 2.52 bits per heavy atom. The van der Waals surface area contributed by atoms with E-state index < -0.39 is 5.60 Å². The molecule has 2 amide bonds. The normalized spacial score (nSPS) is 19.5. The van der Waals surface area contributed by atoms with Crippen molar-refractivity contribution in [1.29, 1.82) is 0 Å². The molecule has 0 aromatic heterocycles. The summed E-state index contributed by atoms with van der Waals surface area (Å²) in [4.78, 5) is 28.1. The summed E-state index contributed by atoms with van der Waals surface area (Å²) in [7, 11) is 0. The molecule has 0 bridgehead atoms. The van der Waals surface area contributed by atoms with Crippen molar-refractivity contribution in [2.75, 3.05) is 26.2 Å². The van der Waals surface area contributed by atoms with Crippen molar-refractivity contribution in [3.05, 3.63) is 0 Å². The lowest BCUT2D eigenvalue weighted by Crippen LogP contribution is -2.49. The number of likely N-dealkylation sites (N-methyl/N-ethyl adjacent to an activating group) is 1. The molecule has 0 saturated carbocycles. The number of likely N-dealkylation sites (tertiary alicyclic amines) is 1. The lowest BCUT2D eigenvalue weighted by atomic mass is 9.95. The summed E-state index contributed by atoms with van der Waals surface area (Å²) in [5, 5.41) is 9.92. The fourth-order valence-corrected chi connectivity index (χ4v) is 2.85. The van der Waals surface area contributed by atoms with E-state index in [-0.39, 0.29) is 17.7 Å². The van der Waals surface area contributed by atoms with Crippen LogP contribution < -0.4 is 0 Å². The molecule has 1 atom stereocenters. The fraction of sp³-hybridized carbons (Fsp3) is 0.875. The van der Waals surface area contributed by atoms with Gasteiger partial charge in [0.2, 0.25) is 11.8 Å². The van der Waals surface area contributed by atoms with Gasteiger partial charge in [0.1, 0.15) is 0 Å². The standard InChI is InChI=1S/C16H30N2O3/c1-5-8-14(19)18-10-7-9-13(11-18)15(20)17(6-2)12-16(3,4)21/h13,21H,5-12H2,1-4H3. The van der Waals surface area contributed by atoms with Gasteiger partial charge in [0.05, 0.1) is 11.5 Å². The van der Waals surface area contributed by atoms with Crippen molar-refractivity contribution in [1.82, 2.24) is 9.80 Å². The summed E-state index contributed by atoms with van der Waals surface area (Å²) in [6.45, 7) is 9.55. The van der Waals surface area contributed by atoms with Gasteiger partial charge in [-0.1, -0.05) is 6.92 Å². The highest BCUT2D eigenvalue weighted by atomic mass is 16.3. The number of aliphatic hydroxyl groups is 1. The molecule has 0 aromatic rings. The first kappa shape index (κ1) is 18.0. The van der Waals surface area contributed by atoms with Gasteiger partial charge in [-0.15, -0.1) is 0 Å². The van der Waals surface area contributed by atoms with E-state index in [2.05, 4.69) is 0 Å². The summed E-state index contributed by atoms with van der Waals surface area (Å²) in [5.41, 5.74) is -0.891. The Kier molecular flexibility index (Phi) is 6.65.